The molecule has 0 aliphatic rings. The Hall–Kier alpha value is -3.80. The average Bonchev–Trinajstić information content (AvgIpc) is 2.73. The lowest BCUT2D eigenvalue weighted by molar-refractivity contribution is 0.0953. The molecule has 0 aliphatic heterocycles. The van der Waals surface area contributed by atoms with Gasteiger partial charge in [0.25, 0.3) is 5.91 Å². The second-order valence-corrected chi connectivity index (χ2v) is 6.79. The van der Waals surface area contributed by atoms with Gasteiger partial charge < -0.3 is 4.57 Å². The molecule has 4 rings (SSSR count). The molecule has 2 heterocycles. The number of aryl methyl sites for hydroxylation is 2. The minimum absolute atomic E-state index is 0.0423. The molecule has 29 heavy (non-hydrogen) atoms. The van der Waals surface area contributed by atoms with E-state index in [1.807, 2.05) is 56.3 Å². The van der Waals surface area contributed by atoms with Crippen LogP contribution in [0.4, 0.5) is 0 Å². The molecule has 144 valence electrons. The minimum Gasteiger partial charge on any atom is -0.332 e. The van der Waals surface area contributed by atoms with E-state index in [0.717, 1.165) is 22.0 Å². The lowest BCUT2D eigenvalue weighted by Crippen LogP contribution is -2.27. The molecule has 6 heteroatoms. The predicted molar refractivity (Wildman–Crippen MR) is 115 cm³/mol. The van der Waals surface area contributed by atoms with E-state index in [0.29, 0.717) is 17.6 Å². The van der Waals surface area contributed by atoms with Gasteiger partial charge in [-0.25, -0.2) is 10.4 Å². The molecule has 0 radical (unpaired) electrons. The van der Waals surface area contributed by atoms with Gasteiger partial charge in [-0.3, -0.25) is 9.59 Å². The molecule has 0 saturated carbocycles. The van der Waals surface area contributed by atoms with Gasteiger partial charge in [0.2, 0.25) is 5.43 Å². The number of aromatic nitrogens is 2. The minimum atomic E-state index is -0.545. The van der Waals surface area contributed by atoms with E-state index in [1.165, 1.54) is 6.20 Å². The van der Waals surface area contributed by atoms with Crippen molar-refractivity contribution in [2.75, 3.05) is 0 Å². The summed E-state index contributed by atoms with van der Waals surface area (Å²) in [7, 11) is 0. The summed E-state index contributed by atoms with van der Waals surface area (Å²) < 4.78 is 1.80. The maximum Gasteiger partial charge on any atom is 0.276 e. The van der Waals surface area contributed by atoms with Crippen LogP contribution in [0.15, 0.2) is 70.7 Å². The summed E-state index contributed by atoms with van der Waals surface area (Å²) in [5.74, 6) is -0.545. The molecule has 0 aliphatic carbocycles. The van der Waals surface area contributed by atoms with Crippen LogP contribution in [-0.2, 0) is 6.54 Å². The Labute approximate surface area is 167 Å². The van der Waals surface area contributed by atoms with Gasteiger partial charge in [0.15, 0.2) is 0 Å². The predicted octanol–water partition coefficient (Wildman–Crippen LogP) is 3.64. The molecule has 2 aromatic carbocycles. The van der Waals surface area contributed by atoms with E-state index in [4.69, 9.17) is 0 Å². The van der Waals surface area contributed by atoms with Crippen molar-refractivity contribution >= 4 is 33.9 Å². The molecule has 0 saturated heterocycles. The molecule has 0 bridgehead atoms. The zero-order valence-electron chi connectivity index (χ0n) is 16.2. The first-order valence-electron chi connectivity index (χ1n) is 9.40. The highest BCUT2D eigenvalue weighted by Crippen LogP contribution is 2.14. The van der Waals surface area contributed by atoms with Crippen molar-refractivity contribution in [1.82, 2.24) is 15.0 Å². The molecule has 0 spiro atoms. The maximum atomic E-state index is 12.8. The Morgan fingerprint density at radius 1 is 1.14 bits per heavy atom. The molecule has 0 fully saturated rings. The van der Waals surface area contributed by atoms with Crippen LogP contribution in [0, 0.1) is 6.92 Å². The Morgan fingerprint density at radius 3 is 2.72 bits per heavy atom. The standard InChI is InChI=1S/C23H20N4O2/c1-3-27-14-20(21(28)19-11-8-15(2)25-22(19)27)23(29)26-24-13-16-9-10-17-6-4-5-7-18(17)12-16/h4-14H,3H2,1-2H3,(H,26,29)/b24-13+. The van der Waals surface area contributed by atoms with E-state index in [2.05, 4.69) is 15.5 Å². The molecule has 0 unspecified atom stereocenters. The third kappa shape index (κ3) is 3.65. The topological polar surface area (TPSA) is 76.3 Å². The second-order valence-electron chi connectivity index (χ2n) is 6.79. The average molecular weight is 384 g/mol. The van der Waals surface area contributed by atoms with Crippen LogP contribution < -0.4 is 10.9 Å². The van der Waals surface area contributed by atoms with Crippen molar-refractivity contribution in [2.24, 2.45) is 5.10 Å². The number of nitrogens with zero attached hydrogens (tertiary/aromatic N) is 3. The first kappa shape index (κ1) is 18.6. The van der Waals surface area contributed by atoms with Crippen molar-refractivity contribution in [2.45, 2.75) is 20.4 Å². The number of hydrogen-bond acceptors (Lipinski definition) is 4. The molecule has 2 aromatic heterocycles. The Balaban J connectivity index is 1.61. The lowest BCUT2D eigenvalue weighted by atomic mass is 10.1. The fourth-order valence-electron chi connectivity index (χ4n) is 3.28. The van der Waals surface area contributed by atoms with Crippen molar-refractivity contribution in [3.8, 4) is 0 Å². The molecule has 1 N–H and O–H groups in total. The van der Waals surface area contributed by atoms with Crippen LogP contribution in [-0.4, -0.2) is 21.7 Å². The Bertz CT molecular complexity index is 1320. The smallest absolute Gasteiger partial charge is 0.276 e. The number of benzene rings is 2. The van der Waals surface area contributed by atoms with E-state index in [1.54, 1.807) is 22.9 Å². The van der Waals surface area contributed by atoms with Crippen molar-refractivity contribution in [1.29, 1.82) is 0 Å². The molecule has 1 amide bonds. The lowest BCUT2D eigenvalue weighted by Gasteiger charge is -2.10. The summed E-state index contributed by atoms with van der Waals surface area (Å²) in [5, 5.41) is 6.67. The van der Waals surface area contributed by atoms with Gasteiger partial charge in [0, 0.05) is 18.4 Å². The molecular formula is C23H20N4O2. The number of fused-ring (bicyclic) bond motifs is 2. The largest absolute Gasteiger partial charge is 0.332 e. The van der Waals surface area contributed by atoms with Gasteiger partial charge in [0.1, 0.15) is 11.2 Å². The second kappa shape index (κ2) is 7.67. The molecule has 4 aromatic rings. The van der Waals surface area contributed by atoms with Crippen LogP contribution in [0.25, 0.3) is 21.8 Å². The highest BCUT2D eigenvalue weighted by atomic mass is 16.2. The summed E-state index contributed by atoms with van der Waals surface area (Å²) in [6, 6.07) is 17.4. The van der Waals surface area contributed by atoms with Gasteiger partial charge in [0.05, 0.1) is 11.6 Å². The number of carbonyl (C=O) groups excluding carboxylic acids is 1. The highest BCUT2D eigenvalue weighted by molar-refractivity contribution is 5.97. The Kier molecular flexibility index (Phi) is 4.91. The number of amides is 1. The zero-order valence-corrected chi connectivity index (χ0v) is 16.2. The number of nitrogens with one attached hydrogen (secondary N) is 1. The number of carbonyl (C=O) groups is 1. The monoisotopic (exact) mass is 384 g/mol. The van der Waals surface area contributed by atoms with E-state index in [-0.39, 0.29) is 11.0 Å². The number of rotatable bonds is 4. The third-order valence-electron chi connectivity index (χ3n) is 4.80. The first-order valence-corrected chi connectivity index (χ1v) is 9.40. The summed E-state index contributed by atoms with van der Waals surface area (Å²) in [6.07, 6.45) is 3.10. The Morgan fingerprint density at radius 2 is 1.93 bits per heavy atom. The van der Waals surface area contributed by atoms with Crippen LogP contribution in [0.3, 0.4) is 0 Å². The quantitative estimate of drug-likeness (QED) is 0.431. The number of pyridine rings is 2. The van der Waals surface area contributed by atoms with Gasteiger partial charge in [-0.15, -0.1) is 0 Å². The van der Waals surface area contributed by atoms with E-state index >= 15 is 0 Å². The van der Waals surface area contributed by atoms with E-state index < -0.39 is 5.91 Å². The molecule has 6 nitrogen and oxygen atoms in total. The van der Waals surface area contributed by atoms with Gasteiger partial charge in [-0.05, 0) is 48.4 Å². The maximum absolute atomic E-state index is 12.8. The van der Waals surface area contributed by atoms with Crippen LogP contribution in [0.5, 0.6) is 0 Å². The van der Waals surface area contributed by atoms with Crippen molar-refractivity contribution in [3.63, 3.8) is 0 Å². The van der Waals surface area contributed by atoms with Gasteiger partial charge in [-0.2, -0.15) is 5.10 Å². The van der Waals surface area contributed by atoms with Crippen molar-refractivity contribution in [3.05, 3.63) is 87.8 Å². The summed E-state index contributed by atoms with van der Waals surface area (Å²) in [6.45, 7) is 4.40. The molecular weight excluding hydrogens is 364 g/mol. The normalized spacial score (nSPS) is 11.4. The van der Waals surface area contributed by atoms with Gasteiger partial charge in [-0.1, -0.05) is 36.4 Å². The van der Waals surface area contributed by atoms with Crippen LogP contribution in [0.1, 0.15) is 28.5 Å². The van der Waals surface area contributed by atoms with E-state index in [9.17, 15) is 9.59 Å². The zero-order chi connectivity index (χ0) is 20.4. The summed E-state index contributed by atoms with van der Waals surface area (Å²) in [5.41, 5.74) is 4.40. The third-order valence-corrected chi connectivity index (χ3v) is 4.80. The summed E-state index contributed by atoms with van der Waals surface area (Å²) in [4.78, 5) is 29.8. The highest BCUT2D eigenvalue weighted by Gasteiger charge is 2.15. The van der Waals surface area contributed by atoms with Crippen LogP contribution in [0.2, 0.25) is 0 Å². The fourth-order valence-corrected chi connectivity index (χ4v) is 3.28. The number of hydrazone groups is 1. The van der Waals surface area contributed by atoms with Crippen LogP contribution >= 0.6 is 0 Å². The summed E-state index contributed by atoms with van der Waals surface area (Å²) >= 11 is 0. The molecule has 0 atom stereocenters. The van der Waals surface area contributed by atoms with Crippen molar-refractivity contribution < 1.29 is 4.79 Å². The fraction of sp³-hybridized carbons (Fsp3) is 0.130. The number of hydrogen-bond donors (Lipinski definition) is 1. The SMILES string of the molecule is CCn1cc(C(=O)N/N=C/c2ccc3ccccc3c2)c(=O)c2ccc(C)nc21. The first-order chi connectivity index (χ1) is 14.1. The van der Waals surface area contributed by atoms with Gasteiger partial charge >= 0.3 is 0 Å².